The molecule has 0 spiro atoms. The van der Waals surface area contributed by atoms with Crippen molar-refractivity contribution in [3.8, 4) is 0 Å². The van der Waals surface area contributed by atoms with Gasteiger partial charge in [-0.3, -0.25) is 0 Å². The summed E-state index contributed by atoms with van der Waals surface area (Å²) in [4.78, 5) is 0. The van der Waals surface area contributed by atoms with E-state index in [1.807, 2.05) is 0 Å². The van der Waals surface area contributed by atoms with Crippen LogP contribution in [0.5, 0.6) is 0 Å². The molecule has 2 aromatic rings. The Morgan fingerprint density at radius 1 is 0.909 bits per heavy atom. The first-order valence-corrected chi connectivity index (χ1v) is 12.5. The molecule has 0 bridgehead atoms. The van der Waals surface area contributed by atoms with E-state index in [0.29, 0.717) is 0 Å². The lowest BCUT2D eigenvalue weighted by molar-refractivity contribution is -0.231. The molecule has 1 saturated heterocycles. The number of unbranched alkanes of at least 4 members (excludes halogenated alkanes) is 1. The molecule has 1 aliphatic heterocycles. The third kappa shape index (κ3) is 4.89. The molecule has 0 unspecified atom stereocenters. The van der Waals surface area contributed by atoms with Crippen molar-refractivity contribution in [3.05, 3.63) is 69.3 Å². The number of aryl methyl sites for hydroxylation is 1. The van der Waals surface area contributed by atoms with Crippen molar-refractivity contribution < 1.29 is 25.2 Å². The van der Waals surface area contributed by atoms with Crippen molar-refractivity contribution in [2.75, 3.05) is 6.61 Å². The van der Waals surface area contributed by atoms with Gasteiger partial charge in [-0.25, -0.2) is 0 Å². The predicted molar refractivity (Wildman–Crippen MR) is 128 cm³/mol. The Hall–Kier alpha value is -1.76. The summed E-state index contributed by atoms with van der Waals surface area (Å²) >= 11 is 0. The van der Waals surface area contributed by atoms with E-state index in [0.717, 1.165) is 56.9 Å². The fourth-order valence-electron chi connectivity index (χ4n) is 5.50. The van der Waals surface area contributed by atoms with E-state index in [4.69, 9.17) is 4.74 Å². The summed E-state index contributed by atoms with van der Waals surface area (Å²) in [5.41, 5.74) is 8.74. The van der Waals surface area contributed by atoms with Crippen molar-refractivity contribution in [2.45, 2.75) is 95.7 Å². The number of rotatable bonds is 8. The molecule has 5 heteroatoms. The maximum Gasteiger partial charge on any atom is 0.113 e. The van der Waals surface area contributed by atoms with Gasteiger partial charge in [0.2, 0.25) is 0 Å². The fraction of sp³-hybridized carbons (Fsp3) is 0.571. The molecule has 1 aliphatic carbocycles. The van der Waals surface area contributed by atoms with Crippen molar-refractivity contribution >= 4 is 0 Å². The summed E-state index contributed by atoms with van der Waals surface area (Å²) in [6, 6.07) is 10.9. The SMILES string of the molecule is CCCCc1c([C@@H]2O[C@H](CO)[C@@H](O)[C@H](O)[C@H]2O)cc(Cc2ccc(CC)cc2)c2c1CCC2. The maximum absolute atomic E-state index is 10.9. The highest BCUT2D eigenvalue weighted by Crippen LogP contribution is 2.40. The van der Waals surface area contributed by atoms with E-state index in [1.54, 1.807) is 0 Å². The van der Waals surface area contributed by atoms with Gasteiger partial charge < -0.3 is 25.2 Å². The van der Waals surface area contributed by atoms with Gasteiger partial charge in [-0.05, 0) is 83.9 Å². The van der Waals surface area contributed by atoms with Gasteiger partial charge in [0.15, 0.2) is 0 Å². The minimum absolute atomic E-state index is 0.409. The van der Waals surface area contributed by atoms with Gasteiger partial charge in [0.1, 0.15) is 30.5 Å². The van der Waals surface area contributed by atoms with Crippen LogP contribution in [-0.4, -0.2) is 51.4 Å². The zero-order valence-corrected chi connectivity index (χ0v) is 19.8. The average Bonchev–Trinajstić information content (AvgIpc) is 3.33. The highest BCUT2D eigenvalue weighted by molar-refractivity contribution is 5.51. The molecular weight excluding hydrogens is 416 g/mol. The highest BCUT2D eigenvalue weighted by atomic mass is 16.5. The van der Waals surface area contributed by atoms with Gasteiger partial charge in [-0.1, -0.05) is 50.6 Å². The third-order valence-electron chi connectivity index (χ3n) is 7.45. The first-order chi connectivity index (χ1) is 16.0. The largest absolute Gasteiger partial charge is 0.394 e. The van der Waals surface area contributed by atoms with Crippen molar-refractivity contribution in [3.63, 3.8) is 0 Å². The first-order valence-electron chi connectivity index (χ1n) is 12.5. The fourth-order valence-corrected chi connectivity index (χ4v) is 5.50. The number of aliphatic hydroxyl groups is 4. The van der Waals surface area contributed by atoms with Gasteiger partial charge in [-0.2, -0.15) is 0 Å². The van der Waals surface area contributed by atoms with E-state index in [-0.39, 0.29) is 0 Å². The number of fused-ring (bicyclic) bond motifs is 1. The van der Waals surface area contributed by atoms with Crippen LogP contribution >= 0.6 is 0 Å². The van der Waals surface area contributed by atoms with Crippen LogP contribution in [0.4, 0.5) is 0 Å². The maximum atomic E-state index is 10.9. The van der Waals surface area contributed by atoms with Crippen molar-refractivity contribution in [1.82, 2.24) is 0 Å². The summed E-state index contributed by atoms with van der Waals surface area (Å²) in [5, 5.41) is 41.3. The molecule has 5 atom stereocenters. The van der Waals surface area contributed by atoms with Gasteiger partial charge in [0, 0.05) is 0 Å². The summed E-state index contributed by atoms with van der Waals surface area (Å²) in [7, 11) is 0. The normalized spacial score (nSPS) is 27.0. The Labute approximate surface area is 197 Å². The molecule has 2 aliphatic rings. The Morgan fingerprint density at radius 2 is 1.61 bits per heavy atom. The molecule has 0 aromatic heterocycles. The second-order valence-electron chi connectivity index (χ2n) is 9.61. The Bertz CT molecular complexity index is 936. The summed E-state index contributed by atoms with van der Waals surface area (Å²) in [6.45, 7) is 3.92. The van der Waals surface area contributed by atoms with Crippen LogP contribution in [0.15, 0.2) is 30.3 Å². The van der Waals surface area contributed by atoms with Crippen LogP contribution in [0.3, 0.4) is 0 Å². The van der Waals surface area contributed by atoms with Gasteiger partial charge in [-0.15, -0.1) is 0 Å². The van der Waals surface area contributed by atoms with E-state index in [1.165, 1.54) is 33.4 Å². The molecule has 33 heavy (non-hydrogen) atoms. The number of hydrogen-bond acceptors (Lipinski definition) is 5. The molecule has 4 N–H and O–H groups in total. The zero-order chi connectivity index (χ0) is 23.5. The average molecular weight is 455 g/mol. The molecule has 0 amide bonds. The lowest BCUT2D eigenvalue weighted by Gasteiger charge is -2.41. The molecule has 5 nitrogen and oxygen atoms in total. The molecule has 180 valence electrons. The number of ether oxygens (including phenoxy) is 1. The minimum Gasteiger partial charge on any atom is -0.394 e. The summed E-state index contributed by atoms with van der Waals surface area (Å²) in [5.74, 6) is 0. The molecule has 0 saturated carbocycles. The smallest absolute Gasteiger partial charge is 0.113 e. The van der Waals surface area contributed by atoms with E-state index >= 15 is 0 Å². The third-order valence-corrected chi connectivity index (χ3v) is 7.45. The molecule has 1 heterocycles. The lowest BCUT2D eigenvalue weighted by Crippen LogP contribution is -2.55. The second kappa shape index (κ2) is 10.7. The molecular formula is C28H38O5. The quantitative estimate of drug-likeness (QED) is 0.492. The second-order valence-corrected chi connectivity index (χ2v) is 9.61. The minimum atomic E-state index is -1.36. The van der Waals surface area contributed by atoms with E-state index < -0.39 is 37.1 Å². The van der Waals surface area contributed by atoms with Gasteiger partial charge in [0.05, 0.1) is 6.61 Å². The van der Waals surface area contributed by atoms with Gasteiger partial charge >= 0.3 is 0 Å². The molecule has 1 fully saturated rings. The van der Waals surface area contributed by atoms with Gasteiger partial charge in [0.25, 0.3) is 0 Å². The molecule has 4 rings (SSSR count). The van der Waals surface area contributed by atoms with Crippen LogP contribution in [0.1, 0.15) is 78.2 Å². The number of aliphatic hydroxyl groups excluding tert-OH is 4. The number of hydrogen-bond donors (Lipinski definition) is 4. The Morgan fingerprint density at radius 3 is 2.27 bits per heavy atom. The Balaban J connectivity index is 1.78. The Kier molecular flexibility index (Phi) is 7.87. The van der Waals surface area contributed by atoms with Crippen LogP contribution in [0.2, 0.25) is 0 Å². The van der Waals surface area contributed by atoms with Crippen molar-refractivity contribution in [2.24, 2.45) is 0 Å². The van der Waals surface area contributed by atoms with E-state index in [2.05, 4.69) is 44.2 Å². The van der Waals surface area contributed by atoms with Crippen LogP contribution in [0.25, 0.3) is 0 Å². The standard InChI is InChI=1S/C28H38O5/c1-3-5-7-22-21-9-6-8-20(21)19(14-18-12-10-17(4-2)11-13-18)15-23(22)28-27(32)26(31)25(30)24(16-29)33-28/h10-13,15,24-32H,3-9,14,16H2,1-2H3/t24-,25-,26+,27-,28+/m1/s1. The molecule has 0 radical (unpaired) electrons. The van der Waals surface area contributed by atoms with Crippen LogP contribution in [-0.2, 0) is 36.8 Å². The lowest BCUT2D eigenvalue weighted by atomic mass is 9.82. The monoisotopic (exact) mass is 454 g/mol. The summed E-state index contributed by atoms with van der Waals surface area (Å²) < 4.78 is 6.02. The number of benzene rings is 2. The van der Waals surface area contributed by atoms with Crippen LogP contribution < -0.4 is 0 Å². The summed E-state index contributed by atoms with van der Waals surface area (Å²) in [6.07, 6.45) is 2.39. The van der Waals surface area contributed by atoms with E-state index in [9.17, 15) is 20.4 Å². The zero-order valence-electron chi connectivity index (χ0n) is 19.8. The molecule has 2 aromatic carbocycles. The van der Waals surface area contributed by atoms with Crippen LogP contribution in [0, 0.1) is 0 Å². The highest BCUT2D eigenvalue weighted by Gasteiger charge is 2.45. The predicted octanol–water partition coefficient (Wildman–Crippen LogP) is 3.19. The van der Waals surface area contributed by atoms with Crippen molar-refractivity contribution in [1.29, 1.82) is 0 Å². The first kappa shape index (κ1) is 24.4. The topological polar surface area (TPSA) is 90.2 Å².